The molecule has 0 fully saturated rings. The maximum absolute atomic E-state index is 12.8. The van der Waals surface area contributed by atoms with Crippen LogP contribution in [0.4, 0.5) is 0 Å². The molecule has 3 aromatic rings. The topological polar surface area (TPSA) is 59.2 Å². The molecule has 1 aromatic heterocycles. The van der Waals surface area contributed by atoms with Gasteiger partial charge in [-0.05, 0) is 44.2 Å². The van der Waals surface area contributed by atoms with Crippen molar-refractivity contribution in [3.8, 4) is 0 Å². The minimum atomic E-state index is -0.862. The number of benzene rings is 2. The molecule has 122 valence electrons. The van der Waals surface area contributed by atoms with Crippen LogP contribution in [0.2, 0.25) is 0 Å². The Hall–Kier alpha value is -2.40. The van der Waals surface area contributed by atoms with Gasteiger partial charge in [-0.1, -0.05) is 34.1 Å². The third-order valence-corrected chi connectivity index (χ3v) is 4.40. The van der Waals surface area contributed by atoms with Gasteiger partial charge in [0.05, 0.1) is 5.56 Å². The third-order valence-electron chi connectivity index (χ3n) is 3.87. The third kappa shape index (κ3) is 3.12. The van der Waals surface area contributed by atoms with Crippen molar-refractivity contribution >= 4 is 38.6 Å². The first-order chi connectivity index (χ1) is 11.5. The van der Waals surface area contributed by atoms with E-state index in [1.807, 2.05) is 31.2 Å². The summed E-state index contributed by atoms with van der Waals surface area (Å²) in [5, 5.41) is 0.839. The molecular weight excluding hydrogens is 370 g/mol. The van der Waals surface area contributed by atoms with Crippen LogP contribution in [0.25, 0.3) is 10.9 Å². The molecule has 1 heterocycles. The highest BCUT2D eigenvalue weighted by Crippen LogP contribution is 2.24. The van der Waals surface area contributed by atoms with Gasteiger partial charge in [-0.25, -0.2) is 4.79 Å². The normalized spacial score (nSPS) is 12.1. The summed E-state index contributed by atoms with van der Waals surface area (Å²) in [4.78, 5) is 28.1. The van der Waals surface area contributed by atoms with Crippen molar-refractivity contribution < 1.29 is 14.3 Å². The van der Waals surface area contributed by atoms with Gasteiger partial charge < -0.3 is 9.72 Å². The Labute approximate surface area is 148 Å². The van der Waals surface area contributed by atoms with Gasteiger partial charge in [0, 0.05) is 26.6 Å². The Morgan fingerprint density at radius 3 is 2.46 bits per heavy atom. The van der Waals surface area contributed by atoms with E-state index in [9.17, 15) is 9.59 Å². The summed E-state index contributed by atoms with van der Waals surface area (Å²) in [6.45, 7) is 3.44. The summed E-state index contributed by atoms with van der Waals surface area (Å²) in [5.41, 5.74) is 2.65. The standard InChI is InChI=1S/C19H16BrNO3/c1-11-17(15-5-3-4-6-16(15)21-11)18(22)12(2)24-19(23)13-7-9-14(20)10-8-13/h3-10,12,21H,1-2H3/t12-/m0/s1. The number of para-hydroxylation sites is 1. The van der Waals surface area contributed by atoms with Crippen LogP contribution in [0, 0.1) is 6.92 Å². The maximum atomic E-state index is 12.8. The van der Waals surface area contributed by atoms with Crippen molar-refractivity contribution in [3.05, 3.63) is 69.8 Å². The number of carbonyl (C=O) groups is 2. The van der Waals surface area contributed by atoms with Crippen molar-refractivity contribution in [2.75, 3.05) is 0 Å². The summed E-state index contributed by atoms with van der Waals surface area (Å²) in [6, 6.07) is 14.4. The number of H-pyrrole nitrogens is 1. The number of fused-ring (bicyclic) bond motifs is 1. The second-order valence-corrected chi connectivity index (χ2v) is 6.50. The molecular formula is C19H16BrNO3. The molecule has 2 aromatic carbocycles. The summed E-state index contributed by atoms with van der Waals surface area (Å²) >= 11 is 3.32. The van der Waals surface area contributed by atoms with E-state index in [-0.39, 0.29) is 5.78 Å². The number of rotatable bonds is 4. The predicted octanol–water partition coefficient (Wildman–Crippen LogP) is 4.67. The zero-order valence-corrected chi connectivity index (χ0v) is 14.9. The van der Waals surface area contributed by atoms with Gasteiger partial charge in [0.1, 0.15) is 0 Å². The van der Waals surface area contributed by atoms with E-state index in [2.05, 4.69) is 20.9 Å². The Balaban J connectivity index is 1.82. The smallest absolute Gasteiger partial charge is 0.338 e. The molecule has 0 amide bonds. The average Bonchev–Trinajstić information content (AvgIpc) is 2.90. The minimum absolute atomic E-state index is 0.213. The molecule has 0 bridgehead atoms. The quantitative estimate of drug-likeness (QED) is 0.524. The number of aromatic amines is 1. The van der Waals surface area contributed by atoms with Crippen LogP contribution in [-0.4, -0.2) is 22.8 Å². The lowest BCUT2D eigenvalue weighted by Crippen LogP contribution is -2.24. The number of halogens is 1. The van der Waals surface area contributed by atoms with Crippen LogP contribution in [0.1, 0.15) is 33.3 Å². The van der Waals surface area contributed by atoms with Gasteiger partial charge >= 0.3 is 5.97 Å². The van der Waals surface area contributed by atoms with Crippen LogP contribution < -0.4 is 0 Å². The Morgan fingerprint density at radius 2 is 1.75 bits per heavy atom. The molecule has 4 nitrogen and oxygen atoms in total. The molecule has 1 N–H and O–H groups in total. The highest BCUT2D eigenvalue weighted by Gasteiger charge is 2.24. The summed E-state index contributed by atoms with van der Waals surface area (Å²) in [7, 11) is 0. The van der Waals surface area contributed by atoms with Gasteiger partial charge in [-0.3, -0.25) is 4.79 Å². The Bertz CT molecular complexity index is 912. The fourth-order valence-corrected chi connectivity index (χ4v) is 2.93. The molecule has 0 spiro atoms. The largest absolute Gasteiger partial charge is 0.451 e. The number of aromatic nitrogens is 1. The second-order valence-electron chi connectivity index (χ2n) is 5.59. The SMILES string of the molecule is Cc1[nH]c2ccccc2c1C(=O)[C@H](C)OC(=O)c1ccc(Br)cc1. The average molecular weight is 386 g/mol. The van der Waals surface area contributed by atoms with E-state index in [4.69, 9.17) is 4.74 Å². The summed E-state index contributed by atoms with van der Waals surface area (Å²) < 4.78 is 6.22. The van der Waals surface area contributed by atoms with E-state index in [1.54, 1.807) is 31.2 Å². The molecule has 5 heteroatoms. The fourth-order valence-electron chi connectivity index (χ4n) is 2.67. The van der Waals surface area contributed by atoms with Gasteiger partial charge in [0.25, 0.3) is 0 Å². The minimum Gasteiger partial charge on any atom is -0.451 e. The lowest BCUT2D eigenvalue weighted by molar-refractivity contribution is 0.0319. The maximum Gasteiger partial charge on any atom is 0.338 e. The number of ether oxygens (including phenoxy) is 1. The number of carbonyl (C=O) groups excluding carboxylic acids is 2. The van der Waals surface area contributed by atoms with Crippen molar-refractivity contribution in [2.24, 2.45) is 0 Å². The molecule has 0 radical (unpaired) electrons. The first kappa shape index (κ1) is 16.5. The molecule has 0 aliphatic heterocycles. The first-order valence-corrected chi connectivity index (χ1v) is 8.34. The van der Waals surface area contributed by atoms with Crippen LogP contribution in [-0.2, 0) is 4.74 Å². The van der Waals surface area contributed by atoms with Crippen molar-refractivity contribution in [1.29, 1.82) is 0 Å². The molecule has 1 atom stereocenters. The predicted molar refractivity (Wildman–Crippen MR) is 96.4 cm³/mol. The van der Waals surface area contributed by atoms with Crippen LogP contribution >= 0.6 is 15.9 Å². The summed E-state index contributed by atoms with van der Waals surface area (Å²) in [5.74, 6) is -0.726. The van der Waals surface area contributed by atoms with E-state index in [0.717, 1.165) is 21.1 Å². The van der Waals surface area contributed by atoms with E-state index in [1.165, 1.54) is 0 Å². The zero-order valence-electron chi connectivity index (χ0n) is 13.3. The number of hydrogen-bond acceptors (Lipinski definition) is 3. The first-order valence-electron chi connectivity index (χ1n) is 7.55. The number of nitrogens with one attached hydrogen (secondary N) is 1. The molecule has 3 rings (SSSR count). The number of esters is 1. The van der Waals surface area contributed by atoms with Crippen LogP contribution in [0.15, 0.2) is 53.0 Å². The number of aryl methyl sites for hydroxylation is 1. The monoisotopic (exact) mass is 385 g/mol. The van der Waals surface area contributed by atoms with E-state index in [0.29, 0.717) is 11.1 Å². The van der Waals surface area contributed by atoms with Crippen LogP contribution in [0.5, 0.6) is 0 Å². The molecule has 0 saturated carbocycles. The molecule has 0 aliphatic rings. The highest BCUT2D eigenvalue weighted by molar-refractivity contribution is 9.10. The Morgan fingerprint density at radius 1 is 1.08 bits per heavy atom. The number of hydrogen-bond donors (Lipinski definition) is 1. The van der Waals surface area contributed by atoms with E-state index < -0.39 is 12.1 Å². The van der Waals surface area contributed by atoms with Crippen LogP contribution in [0.3, 0.4) is 0 Å². The van der Waals surface area contributed by atoms with Gasteiger partial charge in [0.2, 0.25) is 5.78 Å². The lowest BCUT2D eigenvalue weighted by atomic mass is 10.0. The van der Waals surface area contributed by atoms with Crippen molar-refractivity contribution in [2.45, 2.75) is 20.0 Å². The fraction of sp³-hybridized carbons (Fsp3) is 0.158. The summed E-state index contributed by atoms with van der Waals surface area (Å²) in [6.07, 6.45) is -0.862. The molecule has 0 aliphatic carbocycles. The highest BCUT2D eigenvalue weighted by atomic mass is 79.9. The number of ketones is 1. The van der Waals surface area contributed by atoms with Crippen molar-refractivity contribution in [1.82, 2.24) is 4.98 Å². The molecule has 0 unspecified atom stereocenters. The molecule has 24 heavy (non-hydrogen) atoms. The van der Waals surface area contributed by atoms with Gasteiger partial charge in [-0.15, -0.1) is 0 Å². The number of Topliss-reactive ketones (excluding diaryl/α,β-unsaturated/α-hetero) is 1. The zero-order chi connectivity index (χ0) is 17.3. The molecule has 0 saturated heterocycles. The Kier molecular flexibility index (Phi) is 4.53. The second kappa shape index (κ2) is 6.61. The van der Waals surface area contributed by atoms with Gasteiger partial charge in [-0.2, -0.15) is 0 Å². The van der Waals surface area contributed by atoms with Gasteiger partial charge in [0.15, 0.2) is 6.10 Å². The van der Waals surface area contributed by atoms with E-state index >= 15 is 0 Å². The lowest BCUT2D eigenvalue weighted by Gasteiger charge is -2.12. The van der Waals surface area contributed by atoms with Crippen molar-refractivity contribution in [3.63, 3.8) is 0 Å².